The number of nitrogens with one attached hydrogen (secondary N) is 2. The van der Waals surface area contributed by atoms with E-state index >= 15 is 0 Å². The fourth-order valence-electron chi connectivity index (χ4n) is 0.501. The van der Waals surface area contributed by atoms with Crippen molar-refractivity contribution in [3.05, 3.63) is 12.4 Å². The third kappa shape index (κ3) is 1.28. The van der Waals surface area contributed by atoms with Crippen LogP contribution in [-0.4, -0.2) is 23.2 Å². The summed E-state index contributed by atoms with van der Waals surface area (Å²) in [5.74, 6) is 0. The van der Waals surface area contributed by atoms with Crippen molar-refractivity contribution in [1.82, 2.24) is 15.7 Å². The molecule has 0 aromatic carbocycles. The lowest BCUT2D eigenvalue weighted by molar-refractivity contribution is 0.168. The number of hydrazone groups is 1. The van der Waals surface area contributed by atoms with Crippen LogP contribution < -0.4 is 5.53 Å². The van der Waals surface area contributed by atoms with Crippen molar-refractivity contribution in [3.63, 3.8) is 0 Å². The van der Waals surface area contributed by atoms with E-state index in [2.05, 4.69) is 10.6 Å². The van der Waals surface area contributed by atoms with Gasteiger partial charge in [-0.15, -0.1) is 5.53 Å². The van der Waals surface area contributed by atoms with Crippen LogP contribution in [0.25, 0.3) is 0 Å². The summed E-state index contributed by atoms with van der Waals surface area (Å²) in [5, 5.41) is 13.1. The zero-order valence-electron chi connectivity index (χ0n) is 5.00. The van der Waals surface area contributed by atoms with E-state index in [1.807, 2.05) is 13.1 Å². The van der Waals surface area contributed by atoms with Gasteiger partial charge < -0.3 is 0 Å². The first-order chi connectivity index (χ1) is 4.33. The predicted octanol–water partition coefficient (Wildman–Crippen LogP) is -0.208. The van der Waals surface area contributed by atoms with Gasteiger partial charge in [0.05, 0.1) is 6.20 Å². The first-order valence-corrected chi connectivity index (χ1v) is 2.42. The number of hydrogen-bond acceptors (Lipinski definition) is 5. The SMILES string of the molecule is CN1C=CN(N=C=N)N1. The van der Waals surface area contributed by atoms with Gasteiger partial charge in [0, 0.05) is 13.2 Å². The quantitative estimate of drug-likeness (QED) is 0.477. The Morgan fingerprint density at radius 1 is 1.67 bits per heavy atom. The Bertz CT molecular complexity index is 168. The van der Waals surface area contributed by atoms with E-state index in [-0.39, 0.29) is 0 Å². The van der Waals surface area contributed by atoms with Gasteiger partial charge in [0.2, 0.25) is 0 Å². The van der Waals surface area contributed by atoms with E-state index < -0.39 is 0 Å². The number of hydrazine groups is 2. The number of nitrogens with zero attached hydrogens (tertiary/aromatic N) is 3. The first-order valence-electron chi connectivity index (χ1n) is 2.42. The maximum atomic E-state index is 6.48. The Morgan fingerprint density at radius 2 is 2.44 bits per heavy atom. The molecule has 48 valence electrons. The highest BCUT2D eigenvalue weighted by molar-refractivity contribution is 5.35. The molecule has 0 saturated carbocycles. The smallest absolute Gasteiger partial charge is 0.113 e. The lowest BCUT2D eigenvalue weighted by atomic mass is 10.9. The second-order valence-corrected chi connectivity index (χ2v) is 1.57. The van der Waals surface area contributed by atoms with Crippen molar-refractivity contribution >= 4 is 6.01 Å². The van der Waals surface area contributed by atoms with E-state index in [9.17, 15) is 0 Å². The highest BCUT2D eigenvalue weighted by Crippen LogP contribution is 1.94. The van der Waals surface area contributed by atoms with Gasteiger partial charge in [0.1, 0.15) is 6.01 Å². The standard InChI is InChI=1S/C4H7N5/c1-8-2-3-9(7-8)6-4-5/h2-3,5,7H,1H3. The topological polar surface area (TPSA) is 54.7 Å². The van der Waals surface area contributed by atoms with Gasteiger partial charge in [-0.2, -0.15) is 5.12 Å². The Morgan fingerprint density at radius 3 is 2.89 bits per heavy atom. The van der Waals surface area contributed by atoms with Crippen LogP contribution in [-0.2, 0) is 0 Å². The molecule has 1 rings (SSSR count). The second kappa shape index (κ2) is 2.30. The molecule has 0 atom stereocenters. The molecular weight excluding hydrogens is 118 g/mol. The monoisotopic (exact) mass is 125 g/mol. The molecule has 0 aromatic heterocycles. The third-order valence-electron chi connectivity index (χ3n) is 0.849. The van der Waals surface area contributed by atoms with Gasteiger partial charge in [-0.1, -0.05) is 5.10 Å². The molecule has 0 spiro atoms. The van der Waals surface area contributed by atoms with Crippen LogP contribution in [0.4, 0.5) is 0 Å². The maximum Gasteiger partial charge on any atom is 0.113 e. The number of rotatable bonds is 1. The molecule has 5 heteroatoms. The average Bonchev–Trinajstić information content (AvgIpc) is 2.17. The summed E-state index contributed by atoms with van der Waals surface area (Å²) in [7, 11) is 1.83. The number of hydrogen-bond donors (Lipinski definition) is 2. The highest BCUT2D eigenvalue weighted by Gasteiger charge is 2.02. The van der Waals surface area contributed by atoms with Crippen molar-refractivity contribution in [3.8, 4) is 0 Å². The Hall–Kier alpha value is -1.32. The molecule has 1 aliphatic heterocycles. The Labute approximate surface area is 52.7 Å². The van der Waals surface area contributed by atoms with Crippen LogP contribution in [0.15, 0.2) is 17.5 Å². The minimum Gasteiger partial charge on any atom is -0.298 e. The summed E-state index contributed by atoms with van der Waals surface area (Å²) in [6.07, 6.45) is 3.46. The normalized spacial score (nSPS) is 16.1. The molecule has 0 radical (unpaired) electrons. The molecule has 0 fully saturated rings. The highest BCUT2D eigenvalue weighted by atomic mass is 15.9. The lowest BCUT2D eigenvalue weighted by Crippen LogP contribution is -2.33. The largest absolute Gasteiger partial charge is 0.298 e. The zero-order valence-corrected chi connectivity index (χ0v) is 5.00. The fourth-order valence-corrected chi connectivity index (χ4v) is 0.501. The minimum absolute atomic E-state index is 1.38. The first kappa shape index (κ1) is 5.81. The van der Waals surface area contributed by atoms with E-state index in [1.54, 1.807) is 17.4 Å². The summed E-state index contributed by atoms with van der Waals surface area (Å²) < 4.78 is 0. The predicted molar refractivity (Wildman–Crippen MR) is 32.0 cm³/mol. The van der Waals surface area contributed by atoms with Gasteiger partial charge >= 0.3 is 0 Å². The minimum atomic E-state index is 1.38. The maximum absolute atomic E-state index is 6.48. The van der Waals surface area contributed by atoms with Gasteiger partial charge in [-0.25, -0.2) is 5.41 Å². The third-order valence-corrected chi connectivity index (χ3v) is 0.849. The van der Waals surface area contributed by atoms with Crippen molar-refractivity contribution < 1.29 is 0 Å². The fraction of sp³-hybridized carbons (Fsp3) is 0.250. The van der Waals surface area contributed by atoms with Crippen LogP contribution in [0.3, 0.4) is 0 Å². The second-order valence-electron chi connectivity index (χ2n) is 1.57. The molecule has 0 aliphatic carbocycles. The Balaban J connectivity index is 2.50. The van der Waals surface area contributed by atoms with Crippen LogP contribution in [0.5, 0.6) is 0 Å². The van der Waals surface area contributed by atoms with E-state index in [0.29, 0.717) is 0 Å². The molecule has 1 heterocycles. The zero-order chi connectivity index (χ0) is 6.69. The van der Waals surface area contributed by atoms with Crippen LogP contribution in [0.2, 0.25) is 0 Å². The molecular formula is C4H7N5. The molecule has 1 aliphatic rings. The average molecular weight is 125 g/mol. The molecule has 0 unspecified atom stereocenters. The van der Waals surface area contributed by atoms with Crippen molar-refractivity contribution in [1.29, 1.82) is 5.41 Å². The lowest BCUT2D eigenvalue weighted by Gasteiger charge is -2.11. The van der Waals surface area contributed by atoms with Crippen molar-refractivity contribution in [2.75, 3.05) is 7.05 Å². The molecule has 0 bridgehead atoms. The summed E-state index contributed by atoms with van der Waals surface area (Å²) in [6, 6.07) is 1.89. The molecule has 9 heavy (non-hydrogen) atoms. The summed E-state index contributed by atoms with van der Waals surface area (Å²) >= 11 is 0. The van der Waals surface area contributed by atoms with Crippen molar-refractivity contribution in [2.24, 2.45) is 5.10 Å². The summed E-state index contributed by atoms with van der Waals surface area (Å²) in [6.45, 7) is 0. The molecule has 2 N–H and O–H groups in total. The molecule has 5 nitrogen and oxygen atoms in total. The Kier molecular flexibility index (Phi) is 1.48. The van der Waals surface area contributed by atoms with E-state index in [4.69, 9.17) is 5.41 Å². The van der Waals surface area contributed by atoms with Gasteiger partial charge in [0.15, 0.2) is 0 Å². The van der Waals surface area contributed by atoms with Gasteiger partial charge in [-0.3, -0.25) is 5.01 Å². The van der Waals surface area contributed by atoms with Crippen LogP contribution in [0.1, 0.15) is 0 Å². The van der Waals surface area contributed by atoms with E-state index in [0.717, 1.165) is 0 Å². The molecule has 0 amide bonds. The molecule has 0 saturated heterocycles. The van der Waals surface area contributed by atoms with Crippen LogP contribution in [0, 0.1) is 5.41 Å². The molecule has 0 aromatic rings. The van der Waals surface area contributed by atoms with E-state index in [1.165, 1.54) is 5.12 Å². The van der Waals surface area contributed by atoms with Crippen LogP contribution >= 0.6 is 0 Å². The van der Waals surface area contributed by atoms with Gasteiger partial charge in [0.25, 0.3) is 0 Å². The summed E-state index contributed by atoms with van der Waals surface area (Å²) in [4.78, 5) is 0. The van der Waals surface area contributed by atoms with Gasteiger partial charge in [-0.05, 0) is 0 Å². The summed E-state index contributed by atoms with van der Waals surface area (Å²) in [5.41, 5.74) is 2.76. The van der Waals surface area contributed by atoms with Crippen molar-refractivity contribution in [2.45, 2.75) is 0 Å².